The molecular weight excluding hydrogens is 249 g/mol. The number of aliphatic imine (C=N–C) groups is 1. The highest BCUT2D eigenvalue weighted by atomic mass is 31.0. The molecule has 2 rings (SSSR count). The van der Waals surface area contributed by atoms with Crippen LogP contribution in [0.2, 0.25) is 0 Å². The summed E-state index contributed by atoms with van der Waals surface area (Å²) < 4.78 is 0. The smallest absolute Gasteiger partial charge is 0.0586 e. The molecule has 1 nitrogen and oxygen atoms in total. The topological polar surface area (TPSA) is 12.4 Å². The van der Waals surface area contributed by atoms with Crippen molar-refractivity contribution in [1.82, 2.24) is 0 Å². The summed E-state index contributed by atoms with van der Waals surface area (Å²) in [6.07, 6.45) is 2.73. The lowest BCUT2D eigenvalue weighted by Gasteiger charge is -2.17. The van der Waals surface area contributed by atoms with Crippen molar-refractivity contribution < 1.29 is 0 Å². The van der Waals surface area contributed by atoms with E-state index in [0.717, 1.165) is 17.9 Å². The van der Waals surface area contributed by atoms with Crippen LogP contribution in [0.1, 0.15) is 69.1 Å². The summed E-state index contributed by atoms with van der Waals surface area (Å²) in [6, 6.07) is 6.84. The largest absolute Gasteiger partial charge is 0.285 e. The van der Waals surface area contributed by atoms with E-state index in [9.17, 15) is 0 Å². The van der Waals surface area contributed by atoms with Crippen LogP contribution in [0.4, 0.5) is 0 Å². The average molecular weight is 275 g/mol. The van der Waals surface area contributed by atoms with Crippen molar-refractivity contribution in [3.63, 3.8) is 0 Å². The fourth-order valence-corrected chi connectivity index (χ4v) is 2.66. The van der Waals surface area contributed by atoms with Gasteiger partial charge in [-0.15, -0.1) is 0 Å². The highest BCUT2D eigenvalue weighted by Gasteiger charge is 2.20. The Balaban J connectivity index is 2.26. The molecule has 1 aromatic rings. The fourth-order valence-electron chi connectivity index (χ4n) is 2.38. The Labute approximate surface area is 120 Å². The van der Waals surface area contributed by atoms with Gasteiger partial charge in [0.1, 0.15) is 0 Å². The fraction of sp³-hybridized carbons (Fsp3) is 0.588. The Morgan fingerprint density at radius 1 is 1.16 bits per heavy atom. The van der Waals surface area contributed by atoms with E-state index in [2.05, 4.69) is 55.1 Å². The van der Waals surface area contributed by atoms with Gasteiger partial charge < -0.3 is 0 Å². The zero-order valence-electron chi connectivity index (χ0n) is 12.6. The van der Waals surface area contributed by atoms with Gasteiger partial charge in [0.15, 0.2) is 0 Å². The van der Waals surface area contributed by atoms with Crippen molar-refractivity contribution in [2.24, 2.45) is 10.9 Å². The number of rotatable bonds is 5. The number of hydrogen-bond acceptors (Lipinski definition) is 1. The molecule has 0 N–H and O–H groups in total. The second-order valence-corrected chi connectivity index (χ2v) is 6.87. The predicted octanol–water partition coefficient (Wildman–Crippen LogP) is 4.97. The van der Waals surface area contributed by atoms with Gasteiger partial charge in [-0.05, 0) is 53.4 Å². The van der Waals surface area contributed by atoms with Crippen LogP contribution in [0.15, 0.2) is 23.2 Å². The van der Waals surface area contributed by atoms with Gasteiger partial charge in [0.2, 0.25) is 0 Å². The summed E-state index contributed by atoms with van der Waals surface area (Å²) in [7, 11) is 2.81. The molecule has 0 radical (unpaired) electrons. The van der Waals surface area contributed by atoms with Crippen LogP contribution < -0.4 is 0 Å². The molecule has 1 fully saturated rings. The lowest BCUT2D eigenvalue weighted by Crippen LogP contribution is -2.02. The first-order valence-electron chi connectivity index (χ1n) is 7.43. The summed E-state index contributed by atoms with van der Waals surface area (Å²) in [5.74, 6) is 2.01. The summed E-state index contributed by atoms with van der Waals surface area (Å²) in [5.41, 5.74) is 5.32. The van der Waals surface area contributed by atoms with Crippen LogP contribution in [0.25, 0.3) is 0 Å². The van der Waals surface area contributed by atoms with E-state index in [0.29, 0.717) is 11.8 Å². The van der Waals surface area contributed by atoms with Gasteiger partial charge in [0.05, 0.1) is 5.45 Å². The number of hydrogen-bond donors (Lipinski definition) is 0. The minimum atomic E-state index is 0.568. The SMILES string of the molecule is CC(C)c1ccc(C(P)=NCC2CC2)cc1C(C)C. The van der Waals surface area contributed by atoms with Crippen LogP contribution in [0.3, 0.4) is 0 Å². The van der Waals surface area contributed by atoms with Gasteiger partial charge in [-0.25, -0.2) is 0 Å². The third kappa shape index (κ3) is 3.89. The number of benzene rings is 1. The molecule has 2 heteroatoms. The predicted molar refractivity (Wildman–Crippen MR) is 88.5 cm³/mol. The maximum Gasteiger partial charge on any atom is 0.0586 e. The Morgan fingerprint density at radius 2 is 1.79 bits per heavy atom. The molecule has 1 aliphatic rings. The maximum absolute atomic E-state index is 4.71. The minimum Gasteiger partial charge on any atom is -0.285 e. The third-order valence-electron chi connectivity index (χ3n) is 3.84. The van der Waals surface area contributed by atoms with E-state index in [1.807, 2.05) is 0 Å². The molecule has 0 bridgehead atoms. The Bertz CT molecular complexity index is 470. The summed E-state index contributed by atoms with van der Waals surface area (Å²) >= 11 is 0. The molecule has 1 saturated carbocycles. The highest BCUT2D eigenvalue weighted by molar-refractivity contribution is 7.42. The van der Waals surface area contributed by atoms with Crippen molar-refractivity contribution in [2.45, 2.75) is 52.4 Å². The molecule has 19 heavy (non-hydrogen) atoms. The molecule has 1 atom stereocenters. The molecule has 1 aromatic carbocycles. The summed E-state index contributed by atoms with van der Waals surface area (Å²) in [5, 5.41) is 0. The van der Waals surface area contributed by atoms with Crippen molar-refractivity contribution in [3.8, 4) is 0 Å². The molecule has 104 valence electrons. The van der Waals surface area contributed by atoms with E-state index >= 15 is 0 Å². The van der Waals surface area contributed by atoms with E-state index in [1.165, 1.54) is 29.5 Å². The monoisotopic (exact) mass is 275 g/mol. The van der Waals surface area contributed by atoms with Crippen LogP contribution in [-0.4, -0.2) is 12.0 Å². The first-order valence-corrected chi connectivity index (χ1v) is 8.01. The molecule has 0 amide bonds. The Kier molecular flexibility index (Phi) is 4.79. The second-order valence-electron chi connectivity index (χ2n) is 6.32. The first-order chi connectivity index (χ1) is 8.99. The van der Waals surface area contributed by atoms with Gasteiger partial charge in [-0.3, -0.25) is 4.99 Å². The van der Waals surface area contributed by atoms with Crippen molar-refractivity contribution in [1.29, 1.82) is 0 Å². The molecule has 0 aliphatic heterocycles. The molecular formula is C17H26NP. The number of nitrogens with zero attached hydrogens (tertiary/aromatic N) is 1. The van der Waals surface area contributed by atoms with Crippen LogP contribution in [0, 0.1) is 5.92 Å². The molecule has 0 heterocycles. The Morgan fingerprint density at radius 3 is 2.32 bits per heavy atom. The van der Waals surface area contributed by atoms with E-state index in [1.54, 1.807) is 0 Å². The van der Waals surface area contributed by atoms with Gasteiger partial charge in [-0.1, -0.05) is 49.1 Å². The van der Waals surface area contributed by atoms with Gasteiger partial charge in [0.25, 0.3) is 0 Å². The first kappa shape index (κ1) is 14.7. The lowest BCUT2D eigenvalue weighted by molar-refractivity contribution is 0.790. The van der Waals surface area contributed by atoms with Crippen LogP contribution in [-0.2, 0) is 0 Å². The normalized spacial score (nSPS) is 16.5. The van der Waals surface area contributed by atoms with Crippen molar-refractivity contribution in [3.05, 3.63) is 34.9 Å². The quantitative estimate of drug-likeness (QED) is 0.531. The van der Waals surface area contributed by atoms with Gasteiger partial charge in [0, 0.05) is 6.54 Å². The third-order valence-corrected chi connectivity index (χ3v) is 4.36. The zero-order valence-corrected chi connectivity index (χ0v) is 13.8. The zero-order chi connectivity index (χ0) is 14.0. The van der Waals surface area contributed by atoms with E-state index < -0.39 is 0 Å². The van der Waals surface area contributed by atoms with E-state index in [-0.39, 0.29) is 0 Å². The lowest BCUT2D eigenvalue weighted by atomic mass is 9.89. The average Bonchev–Trinajstić information content (AvgIpc) is 3.19. The van der Waals surface area contributed by atoms with Gasteiger partial charge >= 0.3 is 0 Å². The van der Waals surface area contributed by atoms with E-state index in [4.69, 9.17) is 4.99 Å². The standard InChI is InChI=1S/C17H26NP/c1-11(2)15-8-7-14(9-16(15)12(3)4)17(19)18-10-13-5-6-13/h7-9,11-13H,5-6,10,19H2,1-4H3. The molecule has 0 saturated heterocycles. The van der Waals surface area contributed by atoms with Crippen LogP contribution in [0.5, 0.6) is 0 Å². The highest BCUT2D eigenvalue weighted by Crippen LogP contribution is 2.30. The summed E-state index contributed by atoms with van der Waals surface area (Å²) in [6.45, 7) is 10.1. The summed E-state index contributed by atoms with van der Waals surface area (Å²) in [4.78, 5) is 4.71. The molecule has 1 aliphatic carbocycles. The molecule has 1 unspecified atom stereocenters. The maximum atomic E-state index is 4.71. The minimum absolute atomic E-state index is 0.568. The van der Waals surface area contributed by atoms with Crippen molar-refractivity contribution in [2.75, 3.05) is 6.54 Å². The molecule has 0 spiro atoms. The van der Waals surface area contributed by atoms with Gasteiger partial charge in [-0.2, -0.15) is 0 Å². The second kappa shape index (κ2) is 6.18. The van der Waals surface area contributed by atoms with Crippen LogP contribution >= 0.6 is 9.24 Å². The van der Waals surface area contributed by atoms with Crippen molar-refractivity contribution >= 4 is 14.7 Å². The molecule has 0 aromatic heterocycles. The Hall–Kier alpha value is -0.680.